The van der Waals surface area contributed by atoms with Crippen molar-refractivity contribution in [1.29, 1.82) is 0 Å². The number of carbonyl (C=O) groups excluding carboxylic acids is 1. The summed E-state index contributed by atoms with van der Waals surface area (Å²) in [4.78, 5) is 22.9. The number of nitro benzene ring substituents is 1. The number of hydrazine groups is 1. The average molecular weight is 377 g/mol. The molecule has 3 aromatic rings. The van der Waals surface area contributed by atoms with Gasteiger partial charge in [0.25, 0.3) is 5.91 Å². The molecule has 0 aliphatic heterocycles. The van der Waals surface area contributed by atoms with Crippen LogP contribution in [0.15, 0.2) is 84.9 Å². The minimum atomic E-state index is -0.543. The van der Waals surface area contributed by atoms with Gasteiger partial charge < -0.3 is 4.74 Å². The van der Waals surface area contributed by atoms with Crippen molar-refractivity contribution in [3.8, 4) is 5.75 Å². The van der Waals surface area contributed by atoms with Crippen LogP contribution in [0.5, 0.6) is 5.75 Å². The molecular formula is C21H19N3O4. The molecule has 0 atom stereocenters. The molecule has 0 saturated carbocycles. The molecule has 28 heavy (non-hydrogen) atoms. The summed E-state index contributed by atoms with van der Waals surface area (Å²) in [6.07, 6.45) is 0. The summed E-state index contributed by atoms with van der Waals surface area (Å²) >= 11 is 0. The van der Waals surface area contributed by atoms with Gasteiger partial charge in [-0.25, -0.2) is 0 Å². The van der Waals surface area contributed by atoms with E-state index in [1.165, 1.54) is 12.1 Å². The SMILES string of the molecule is O=C(COc1ccccc1[N+](=O)[O-])NN(Cc1ccccc1)c1ccccc1. The van der Waals surface area contributed by atoms with Crippen LogP contribution in [0.3, 0.4) is 0 Å². The lowest BCUT2D eigenvalue weighted by molar-refractivity contribution is -0.385. The maximum Gasteiger partial charge on any atom is 0.310 e. The Hall–Kier alpha value is -3.87. The van der Waals surface area contributed by atoms with Gasteiger partial charge in [-0.1, -0.05) is 60.7 Å². The summed E-state index contributed by atoms with van der Waals surface area (Å²) in [6, 6.07) is 25.1. The third-order valence-corrected chi connectivity index (χ3v) is 3.93. The smallest absolute Gasteiger partial charge is 0.310 e. The van der Waals surface area contributed by atoms with Gasteiger partial charge >= 0.3 is 5.69 Å². The molecule has 0 fully saturated rings. The largest absolute Gasteiger partial charge is 0.477 e. The van der Waals surface area contributed by atoms with E-state index in [1.807, 2.05) is 60.7 Å². The fourth-order valence-electron chi connectivity index (χ4n) is 2.63. The van der Waals surface area contributed by atoms with Gasteiger partial charge in [-0.15, -0.1) is 0 Å². The van der Waals surface area contributed by atoms with E-state index in [-0.39, 0.29) is 18.0 Å². The zero-order valence-electron chi connectivity index (χ0n) is 15.0. The summed E-state index contributed by atoms with van der Waals surface area (Å²) in [5.41, 5.74) is 4.45. The minimum Gasteiger partial charge on any atom is -0.477 e. The molecule has 7 nitrogen and oxygen atoms in total. The van der Waals surface area contributed by atoms with Crippen molar-refractivity contribution in [3.63, 3.8) is 0 Å². The highest BCUT2D eigenvalue weighted by Gasteiger charge is 2.16. The first-order valence-corrected chi connectivity index (χ1v) is 8.65. The molecule has 0 spiro atoms. The number of nitrogens with zero attached hydrogens (tertiary/aromatic N) is 2. The molecule has 0 aliphatic carbocycles. The van der Waals surface area contributed by atoms with Gasteiger partial charge in [0.15, 0.2) is 12.4 Å². The summed E-state index contributed by atoms with van der Waals surface area (Å²) in [7, 11) is 0. The second-order valence-electron chi connectivity index (χ2n) is 5.96. The first kappa shape index (κ1) is 18.9. The molecule has 3 aromatic carbocycles. The van der Waals surface area contributed by atoms with Gasteiger partial charge in [-0.05, 0) is 23.8 Å². The topological polar surface area (TPSA) is 84.7 Å². The zero-order chi connectivity index (χ0) is 19.8. The Kier molecular flexibility index (Phi) is 6.20. The Morgan fingerprint density at radius 2 is 1.54 bits per heavy atom. The molecule has 0 unspecified atom stereocenters. The van der Waals surface area contributed by atoms with Crippen LogP contribution in [0.4, 0.5) is 11.4 Å². The number of carbonyl (C=O) groups is 1. The molecule has 7 heteroatoms. The van der Waals surface area contributed by atoms with E-state index < -0.39 is 10.8 Å². The van der Waals surface area contributed by atoms with Crippen molar-refractivity contribution < 1.29 is 14.5 Å². The van der Waals surface area contributed by atoms with Gasteiger partial charge in [-0.3, -0.25) is 25.3 Å². The van der Waals surface area contributed by atoms with Crippen LogP contribution in [-0.4, -0.2) is 17.4 Å². The van der Waals surface area contributed by atoms with Crippen LogP contribution >= 0.6 is 0 Å². The molecule has 1 N–H and O–H groups in total. The maximum absolute atomic E-state index is 12.4. The van der Waals surface area contributed by atoms with Crippen LogP contribution in [0, 0.1) is 10.1 Å². The monoisotopic (exact) mass is 377 g/mol. The number of nitro groups is 1. The van der Waals surface area contributed by atoms with Crippen molar-refractivity contribution in [3.05, 3.63) is 101 Å². The second-order valence-corrected chi connectivity index (χ2v) is 5.96. The van der Waals surface area contributed by atoms with Gasteiger partial charge in [0.05, 0.1) is 17.2 Å². The van der Waals surface area contributed by atoms with E-state index in [2.05, 4.69) is 5.43 Å². The molecule has 0 radical (unpaired) electrons. The number of rotatable bonds is 8. The van der Waals surface area contributed by atoms with Gasteiger partial charge in [0, 0.05) is 6.07 Å². The second kappa shape index (κ2) is 9.18. The first-order valence-electron chi connectivity index (χ1n) is 8.65. The third-order valence-electron chi connectivity index (χ3n) is 3.93. The maximum atomic E-state index is 12.4. The van der Waals surface area contributed by atoms with Crippen LogP contribution in [0.2, 0.25) is 0 Å². The highest BCUT2D eigenvalue weighted by Crippen LogP contribution is 2.25. The summed E-state index contributed by atoms with van der Waals surface area (Å²) in [5.74, 6) is -0.366. The summed E-state index contributed by atoms with van der Waals surface area (Å²) in [6.45, 7) is 0.116. The van der Waals surface area contributed by atoms with E-state index in [4.69, 9.17) is 4.74 Å². The molecular weight excluding hydrogens is 358 g/mol. The van der Waals surface area contributed by atoms with Crippen LogP contribution in [0.1, 0.15) is 5.56 Å². The standard InChI is InChI=1S/C21H19N3O4/c25-21(16-28-20-14-8-7-13-19(20)24(26)27)22-23(18-11-5-2-6-12-18)15-17-9-3-1-4-10-17/h1-14H,15-16H2,(H,22,25). The molecule has 0 heterocycles. The van der Waals surface area contributed by atoms with E-state index in [1.54, 1.807) is 17.1 Å². The predicted octanol–water partition coefficient (Wildman–Crippen LogP) is 3.71. The molecule has 0 bridgehead atoms. The number of amides is 1. The first-order chi connectivity index (χ1) is 13.6. The number of hydrogen-bond acceptors (Lipinski definition) is 5. The molecule has 0 aliphatic rings. The number of benzene rings is 3. The molecule has 142 valence electrons. The van der Waals surface area contributed by atoms with Gasteiger partial charge in [0.1, 0.15) is 0 Å². The van der Waals surface area contributed by atoms with E-state index in [0.29, 0.717) is 6.54 Å². The van der Waals surface area contributed by atoms with Crippen molar-refractivity contribution in [2.24, 2.45) is 0 Å². The van der Waals surface area contributed by atoms with Crippen LogP contribution in [-0.2, 0) is 11.3 Å². The van der Waals surface area contributed by atoms with Crippen LogP contribution < -0.4 is 15.2 Å². The lowest BCUT2D eigenvalue weighted by atomic mass is 10.2. The van der Waals surface area contributed by atoms with Crippen molar-refractivity contribution in [2.45, 2.75) is 6.54 Å². The average Bonchev–Trinajstić information content (AvgIpc) is 2.73. The Morgan fingerprint density at radius 1 is 0.929 bits per heavy atom. The van der Waals surface area contributed by atoms with E-state index in [9.17, 15) is 14.9 Å². The van der Waals surface area contributed by atoms with E-state index in [0.717, 1.165) is 11.3 Å². The van der Waals surface area contributed by atoms with Crippen LogP contribution in [0.25, 0.3) is 0 Å². The number of anilines is 1. The predicted molar refractivity (Wildman–Crippen MR) is 106 cm³/mol. The highest BCUT2D eigenvalue weighted by atomic mass is 16.6. The molecule has 0 aromatic heterocycles. The van der Waals surface area contributed by atoms with Gasteiger partial charge in [0.2, 0.25) is 0 Å². The van der Waals surface area contributed by atoms with E-state index >= 15 is 0 Å². The number of nitrogens with one attached hydrogen (secondary N) is 1. The highest BCUT2D eigenvalue weighted by molar-refractivity contribution is 5.79. The van der Waals surface area contributed by atoms with Gasteiger partial charge in [-0.2, -0.15) is 0 Å². The molecule has 1 amide bonds. The number of hydrogen-bond donors (Lipinski definition) is 1. The normalized spacial score (nSPS) is 10.1. The Labute approximate surface area is 162 Å². The molecule has 0 saturated heterocycles. The summed E-state index contributed by atoms with van der Waals surface area (Å²) in [5, 5.41) is 12.8. The van der Waals surface area contributed by atoms with Crippen molar-refractivity contribution >= 4 is 17.3 Å². The quantitative estimate of drug-likeness (QED) is 0.478. The Bertz CT molecular complexity index is 933. The van der Waals surface area contributed by atoms with Crippen molar-refractivity contribution in [1.82, 2.24) is 5.43 Å². The lowest BCUT2D eigenvalue weighted by Crippen LogP contribution is -2.44. The Morgan fingerprint density at radius 3 is 2.21 bits per heavy atom. The number of para-hydroxylation sites is 3. The minimum absolute atomic E-state index is 0.0528. The fraction of sp³-hybridized carbons (Fsp3) is 0.0952. The lowest BCUT2D eigenvalue weighted by Gasteiger charge is -2.25. The third kappa shape index (κ3) is 5.07. The Balaban J connectivity index is 1.69. The fourth-order valence-corrected chi connectivity index (χ4v) is 2.63. The van der Waals surface area contributed by atoms with Crippen molar-refractivity contribution in [2.75, 3.05) is 11.6 Å². The zero-order valence-corrected chi connectivity index (χ0v) is 15.0. The molecule has 3 rings (SSSR count). The summed E-state index contributed by atoms with van der Waals surface area (Å²) < 4.78 is 5.37. The number of ether oxygens (including phenoxy) is 1.